The minimum atomic E-state index is -0.692. The van der Waals surface area contributed by atoms with E-state index in [9.17, 15) is 9.90 Å². The van der Waals surface area contributed by atoms with Crippen LogP contribution < -0.4 is 11.1 Å². The largest absolute Gasteiger partial charge is 0.396 e. The Balaban J connectivity index is 1.57. The van der Waals surface area contributed by atoms with Crippen molar-refractivity contribution in [3.8, 4) is 0 Å². The molecule has 0 bridgehead atoms. The normalized spacial score (nSPS) is 21.8. The molecule has 2 aliphatic rings. The molecule has 1 aliphatic carbocycles. The molecule has 1 aromatic rings. The second kappa shape index (κ2) is 7.64. The standard InChI is InChI=1S/C19H29N3O2/c20-19(8-1-2-9-19)18(24)21-17-5-3-4-16(12-17)13-22-10-6-15(14-23)7-11-22/h3-5,12,15,23H,1-2,6-11,13-14,20H2,(H,21,24). The number of piperidine rings is 1. The predicted molar refractivity (Wildman–Crippen MR) is 95.5 cm³/mol. The SMILES string of the molecule is NC1(C(=O)Nc2cccc(CN3CCC(CO)CC3)c2)CCCC1. The Morgan fingerprint density at radius 3 is 2.67 bits per heavy atom. The Kier molecular flexibility index (Phi) is 5.54. The lowest BCUT2D eigenvalue weighted by atomic mass is 9.97. The van der Waals surface area contributed by atoms with Crippen molar-refractivity contribution in [2.24, 2.45) is 11.7 Å². The van der Waals surface area contributed by atoms with Crippen molar-refractivity contribution in [1.82, 2.24) is 4.90 Å². The number of hydrogen-bond donors (Lipinski definition) is 3. The zero-order chi connectivity index (χ0) is 17.0. The first kappa shape index (κ1) is 17.4. The maximum atomic E-state index is 12.4. The van der Waals surface area contributed by atoms with E-state index in [0.717, 1.165) is 63.8 Å². The van der Waals surface area contributed by atoms with Crippen LogP contribution in [0.15, 0.2) is 24.3 Å². The summed E-state index contributed by atoms with van der Waals surface area (Å²) in [6, 6.07) is 8.07. The molecule has 2 fully saturated rings. The molecule has 1 saturated carbocycles. The number of nitrogens with two attached hydrogens (primary N) is 1. The molecule has 3 rings (SSSR count). The molecule has 1 aromatic carbocycles. The fourth-order valence-corrected chi connectivity index (χ4v) is 3.82. The Labute approximate surface area is 144 Å². The van der Waals surface area contributed by atoms with Crippen LogP contribution in [0, 0.1) is 5.92 Å². The van der Waals surface area contributed by atoms with Gasteiger partial charge in [0.15, 0.2) is 0 Å². The number of amides is 1. The monoisotopic (exact) mass is 331 g/mol. The smallest absolute Gasteiger partial charge is 0.244 e. The van der Waals surface area contributed by atoms with Gasteiger partial charge in [-0.1, -0.05) is 25.0 Å². The molecule has 1 amide bonds. The molecule has 24 heavy (non-hydrogen) atoms. The minimum Gasteiger partial charge on any atom is -0.396 e. The molecule has 0 aromatic heterocycles. The van der Waals surface area contributed by atoms with Gasteiger partial charge in [0.05, 0.1) is 5.54 Å². The highest BCUT2D eigenvalue weighted by Gasteiger charge is 2.36. The van der Waals surface area contributed by atoms with Crippen LogP contribution >= 0.6 is 0 Å². The molecule has 0 atom stereocenters. The van der Waals surface area contributed by atoms with Gasteiger partial charge >= 0.3 is 0 Å². The van der Waals surface area contributed by atoms with E-state index in [-0.39, 0.29) is 5.91 Å². The lowest BCUT2D eigenvalue weighted by Gasteiger charge is -2.31. The van der Waals surface area contributed by atoms with Gasteiger partial charge in [-0.05, 0) is 62.4 Å². The number of aliphatic hydroxyl groups is 1. The van der Waals surface area contributed by atoms with Gasteiger partial charge in [-0.15, -0.1) is 0 Å². The number of aliphatic hydroxyl groups excluding tert-OH is 1. The maximum absolute atomic E-state index is 12.4. The number of nitrogens with zero attached hydrogens (tertiary/aromatic N) is 1. The summed E-state index contributed by atoms with van der Waals surface area (Å²) in [5.41, 5.74) is 7.57. The van der Waals surface area contributed by atoms with Crippen molar-refractivity contribution >= 4 is 11.6 Å². The van der Waals surface area contributed by atoms with Gasteiger partial charge in [-0.3, -0.25) is 9.69 Å². The highest BCUT2D eigenvalue weighted by Crippen LogP contribution is 2.28. The molecule has 0 unspecified atom stereocenters. The zero-order valence-electron chi connectivity index (χ0n) is 14.3. The fourth-order valence-electron chi connectivity index (χ4n) is 3.82. The minimum absolute atomic E-state index is 0.0547. The molecular weight excluding hydrogens is 302 g/mol. The number of nitrogens with one attached hydrogen (secondary N) is 1. The van der Waals surface area contributed by atoms with Crippen molar-refractivity contribution in [3.05, 3.63) is 29.8 Å². The number of carbonyl (C=O) groups is 1. The third-order valence-corrected chi connectivity index (χ3v) is 5.50. The first-order chi connectivity index (χ1) is 11.6. The van der Waals surface area contributed by atoms with Gasteiger partial charge in [0, 0.05) is 18.8 Å². The third kappa shape index (κ3) is 4.15. The number of carbonyl (C=O) groups excluding carboxylic acids is 1. The summed E-state index contributed by atoms with van der Waals surface area (Å²) in [7, 11) is 0. The van der Waals surface area contributed by atoms with Gasteiger partial charge < -0.3 is 16.2 Å². The van der Waals surface area contributed by atoms with Crippen molar-refractivity contribution in [3.63, 3.8) is 0 Å². The van der Waals surface area contributed by atoms with Crippen molar-refractivity contribution < 1.29 is 9.90 Å². The molecule has 0 radical (unpaired) electrons. The second-order valence-corrected chi connectivity index (χ2v) is 7.42. The van der Waals surface area contributed by atoms with E-state index in [4.69, 9.17) is 5.73 Å². The molecule has 5 heteroatoms. The summed E-state index contributed by atoms with van der Waals surface area (Å²) in [6.45, 7) is 3.23. The molecule has 132 valence electrons. The Morgan fingerprint density at radius 2 is 2.00 bits per heavy atom. The summed E-state index contributed by atoms with van der Waals surface area (Å²) in [4.78, 5) is 14.8. The van der Waals surface area contributed by atoms with Crippen LogP contribution in [0.2, 0.25) is 0 Å². The molecule has 0 spiro atoms. The maximum Gasteiger partial charge on any atom is 0.244 e. The van der Waals surface area contributed by atoms with Crippen LogP contribution in [0.5, 0.6) is 0 Å². The van der Waals surface area contributed by atoms with Crippen molar-refractivity contribution in [2.75, 3.05) is 25.0 Å². The molecule has 1 aliphatic heterocycles. The lowest BCUT2D eigenvalue weighted by Crippen LogP contribution is -2.48. The fraction of sp³-hybridized carbons (Fsp3) is 0.632. The Hall–Kier alpha value is -1.43. The van der Waals surface area contributed by atoms with Gasteiger partial charge in [-0.2, -0.15) is 0 Å². The predicted octanol–water partition coefficient (Wildman–Crippen LogP) is 2.10. The van der Waals surface area contributed by atoms with Crippen LogP contribution in [0.1, 0.15) is 44.1 Å². The topological polar surface area (TPSA) is 78.6 Å². The van der Waals surface area contributed by atoms with Crippen LogP contribution in [0.4, 0.5) is 5.69 Å². The van der Waals surface area contributed by atoms with Gasteiger partial charge in [0.1, 0.15) is 0 Å². The zero-order valence-corrected chi connectivity index (χ0v) is 14.3. The summed E-state index contributed by atoms with van der Waals surface area (Å²) < 4.78 is 0. The van der Waals surface area contributed by atoms with E-state index >= 15 is 0 Å². The van der Waals surface area contributed by atoms with E-state index in [0.29, 0.717) is 12.5 Å². The summed E-state index contributed by atoms with van der Waals surface area (Å²) in [5, 5.41) is 12.2. The summed E-state index contributed by atoms with van der Waals surface area (Å²) in [6.07, 6.45) is 5.74. The number of anilines is 1. The Bertz CT molecular complexity index is 561. The second-order valence-electron chi connectivity index (χ2n) is 7.42. The molecular formula is C19H29N3O2. The van der Waals surface area contributed by atoms with E-state index in [2.05, 4.69) is 16.3 Å². The van der Waals surface area contributed by atoms with Gasteiger partial charge in [0.25, 0.3) is 0 Å². The number of benzene rings is 1. The number of rotatable bonds is 5. The number of likely N-dealkylation sites (tertiary alicyclic amines) is 1. The van der Waals surface area contributed by atoms with Crippen molar-refractivity contribution in [2.45, 2.75) is 50.6 Å². The Morgan fingerprint density at radius 1 is 1.29 bits per heavy atom. The molecule has 4 N–H and O–H groups in total. The van der Waals surface area contributed by atoms with Crippen LogP contribution in [0.3, 0.4) is 0 Å². The lowest BCUT2D eigenvalue weighted by molar-refractivity contribution is -0.121. The highest BCUT2D eigenvalue weighted by atomic mass is 16.3. The van der Waals surface area contributed by atoms with Crippen molar-refractivity contribution in [1.29, 1.82) is 0 Å². The van der Waals surface area contributed by atoms with Crippen LogP contribution in [0.25, 0.3) is 0 Å². The summed E-state index contributed by atoms with van der Waals surface area (Å²) >= 11 is 0. The average Bonchev–Trinajstić information content (AvgIpc) is 3.04. The van der Waals surface area contributed by atoms with E-state index < -0.39 is 5.54 Å². The quantitative estimate of drug-likeness (QED) is 0.772. The van der Waals surface area contributed by atoms with Crippen LogP contribution in [-0.2, 0) is 11.3 Å². The average molecular weight is 331 g/mol. The van der Waals surface area contributed by atoms with E-state index in [1.165, 1.54) is 5.56 Å². The van der Waals surface area contributed by atoms with Crippen LogP contribution in [-0.4, -0.2) is 41.1 Å². The number of hydrogen-bond acceptors (Lipinski definition) is 4. The van der Waals surface area contributed by atoms with Gasteiger partial charge in [-0.25, -0.2) is 0 Å². The first-order valence-electron chi connectivity index (χ1n) is 9.11. The van der Waals surface area contributed by atoms with E-state index in [1.54, 1.807) is 0 Å². The molecule has 1 heterocycles. The first-order valence-corrected chi connectivity index (χ1v) is 9.11. The third-order valence-electron chi connectivity index (χ3n) is 5.50. The molecule has 1 saturated heterocycles. The summed E-state index contributed by atoms with van der Waals surface area (Å²) in [5.74, 6) is 0.403. The molecule has 5 nitrogen and oxygen atoms in total. The highest BCUT2D eigenvalue weighted by molar-refractivity contribution is 5.98. The van der Waals surface area contributed by atoms with Gasteiger partial charge in [0.2, 0.25) is 5.91 Å². The van der Waals surface area contributed by atoms with E-state index in [1.807, 2.05) is 18.2 Å².